The van der Waals surface area contributed by atoms with Gasteiger partial charge in [0.1, 0.15) is 5.75 Å². The summed E-state index contributed by atoms with van der Waals surface area (Å²) < 4.78 is 39.7. The summed E-state index contributed by atoms with van der Waals surface area (Å²) in [5, 5.41) is 17.5. The van der Waals surface area contributed by atoms with Crippen LogP contribution in [0.4, 0.5) is 13.2 Å². The number of carbonyl (C=O) groups is 2. The quantitative estimate of drug-likeness (QED) is 0.769. The molecular formula is C14H15F3O5. The molecule has 2 N–H and O–H groups in total. The molecular weight excluding hydrogens is 305 g/mol. The number of alkyl halides is 3. The van der Waals surface area contributed by atoms with Crippen molar-refractivity contribution in [2.24, 2.45) is 5.92 Å². The third-order valence-electron chi connectivity index (χ3n) is 2.95. The fraction of sp³-hybridized carbons (Fsp3) is 0.429. The van der Waals surface area contributed by atoms with Crippen LogP contribution < -0.4 is 4.74 Å². The number of aliphatic carboxylic acids is 2. The molecule has 0 radical (unpaired) electrons. The SMILES string of the molecule is O=C(O)CC(CCCc1ccc(OC(F)(F)F)cc1)C(=O)O. The molecule has 0 heterocycles. The largest absolute Gasteiger partial charge is 0.573 e. The zero-order valence-electron chi connectivity index (χ0n) is 11.5. The van der Waals surface area contributed by atoms with Gasteiger partial charge in [0.2, 0.25) is 0 Å². The molecule has 1 rings (SSSR count). The van der Waals surface area contributed by atoms with Gasteiger partial charge in [0.25, 0.3) is 0 Å². The summed E-state index contributed by atoms with van der Waals surface area (Å²) in [5.41, 5.74) is 0.717. The van der Waals surface area contributed by atoms with Gasteiger partial charge in [0.15, 0.2) is 0 Å². The highest BCUT2D eigenvalue weighted by atomic mass is 19.4. The van der Waals surface area contributed by atoms with Gasteiger partial charge < -0.3 is 14.9 Å². The number of hydrogen-bond donors (Lipinski definition) is 2. The van der Waals surface area contributed by atoms with Crippen LogP contribution >= 0.6 is 0 Å². The third kappa shape index (κ3) is 6.96. The van der Waals surface area contributed by atoms with Gasteiger partial charge in [0, 0.05) is 0 Å². The van der Waals surface area contributed by atoms with Crippen molar-refractivity contribution in [3.8, 4) is 5.75 Å². The average molecular weight is 320 g/mol. The number of benzene rings is 1. The first-order chi connectivity index (χ1) is 10.2. The minimum absolute atomic E-state index is 0.183. The predicted molar refractivity (Wildman–Crippen MR) is 69.4 cm³/mol. The Balaban J connectivity index is 2.47. The fourth-order valence-corrected chi connectivity index (χ4v) is 1.93. The van der Waals surface area contributed by atoms with Gasteiger partial charge in [-0.25, -0.2) is 0 Å². The molecule has 1 unspecified atom stereocenters. The Morgan fingerprint density at radius 1 is 1.14 bits per heavy atom. The lowest BCUT2D eigenvalue weighted by molar-refractivity contribution is -0.274. The van der Waals surface area contributed by atoms with E-state index in [0.717, 1.165) is 0 Å². The van der Waals surface area contributed by atoms with Gasteiger partial charge in [-0.2, -0.15) is 0 Å². The Morgan fingerprint density at radius 3 is 2.18 bits per heavy atom. The molecule has 1 aromatic carbocycles. The van der Waals surface area contributed by atoms with Crippen molar-refractivity contribution in [2.45, 2.75) is 32.0 Å². The molecule has 0 spiro atoms. The van der Waals surface area contributed by atoms with E-state index in [2.05, 4.69) is 4.74 Å². The van der Waals surface area contributed by atoms with E-state index in [1.807, 2.05) is 0 Å². The summed E-state index contributed by atoms with van der Waals surface area (Å²) in [6, 6.07) is 5.26. The molecule has 8 heteroatoms. The summed E-state index contributed by atoms with van der Waals surface area (Å²) >= 11 is 0. The fourth-order valence-electron chi connectivity index (χ4n) is 1.93. The van der Waals surface area contributed by atoms with Gasteiger partial charge in [-0.15, -0.1) is 13.2 Å². The zero-order chi connectivity index (χ0) is 16.8. The average Bonchev–Trinajstić information content (AvgIpc) is 2.37. The predicted octanol–water partition coefficient (Wildman–Crippen LogP) is 3.08. The van der Waals surface area contributed by atoms with Crippen molar-refractivity contribution >= 4 is 11.9 Å². The number of hydrogen-bond acceptors (Lipinski definition) is 3. The Morgan fingerprint density at radius 2 is 1.73 bits per heavy atom. The molecule has 0 aliphatic rings. The number of ether oxygens (including phenoxy) is 1. The molecule has 0 aliphatic carbocycles. The second-order valence-corrected chi connectivity index (χ2v) is 4.72. The number of rotatable bonds is 8. The highest BCUT2D eigenvalue weighted by molar-refractivity contribution is 5.77. The Bertz CT molecular complexity index is 510. The van der Waals surface area contributed by atoms with Crippen LogP contribution in [0.1, 0.15) is 24.8 Å². The Labute approximate surface area is 124 Å². The van der Waals surface area contributed by atoms with E-state index in [0.29, 0.717) is 18.4 Å². The van der Waals surface area contributed by atoms with Gasteiger partial charge in [0.05, 0.1) is 12.3 Å². The highest BCUT2D eigenvalue weighted by Crippen LogP contribution is 2.23. The van der Waals surface area contributed by atoms with E-state index < -0.39 is 30.6 Å². The first-order valence-corrected chi connectivity index (χ1v) is 6.46. The van der Waals surface area contributed by atoms with E-state index in [9.17, 15) is 22.8 Å². The van der Waals surface area contributed by atoms with Crippen LogP contribution in [0.5, 0.6) is 5.75 Å². The van der Waals surface area contributed by atoms with Crippen LogP contribution in [-0.2, 0) is 16.0 Å². The molecule has 0 bridgehead atoms. The molecule has 1 atom stereocenters. The van der Waals surface area contributed by atoms with E-state index in [-0.39, 0.29) is 12.2 Å². The maximum atomic E-state index is 12.0. The van der Waals surface area contributed by atoms with Crippen molar-refractivity contribution in [3.63, 3.8) is 0 Å². The number of carboxylic acids is 2. The minimum atomic E-state index is -4.74. The van der Waals surface area contributed by atoms with Gasteiger partial charge in [-0.3, -0.25) is 9.59 Å². The summed E-state index contributed by atoms with van der Waals surface area (Å²) in [5.74, 6) is -3.65. The smallest absolute Gasteiger partial charge is 0.481 e. The molecule has 5 nitrogen and oxygen atoms in total. The van der Waals surface area contributed by atoms with Crippen LogP contribution in [0, 0.1) is 5.92 Å². The van der Waals surface area contributed by atoms with Gasteiger partial charge in [-0.05, 0) is 37.0 Å². The number of aryl methyl sites for hydroxylation is 1. The summed E-state index contributed by atoms with van der Waals surface area (Å²) in [4.78, 5) is 21.4. The second kappa shape index (κ2) is 7.67. The monoisotopic (exact) mass is 320 g/mol. The first-order valence-electron chi connectivity index (χ1n) is 6.46. The van der Waals surface area contributed by atoms with E-state index in [4.69, 9.17) is 10.2 Å². The molecule has 0 saturated heterocycles. The minimum Gasteiger partial charge on any atom is -0.481 e. The lowest BCUT2D eigenvalue weighted by Gasteiger charge is -2.11. The Kier molecular flexibility index (Phi) is 6.21. The molecule has 122 valence electrons. The van der Waals surface area contributed by atoms with Gasteiger partial charge in [-0.1, -0.05) is 12.1 Å². The number of halogens is 3. The van der Waals surface area contributed by atoms with Crippen LogP contribution in [0.3, 0.4) is 0 Å². The zero-order valence-corrected chi connectivity index (χ0v) is 11.5. The molecule has 22 heavy (non-hydrogen) atoms. The van der Waals surface area contributed by atoms with Crippen LogP contribution in [0.15, 0.2) is 24.3 Å². The van der Waals surface area contributed by atoms with Crippen molar-refractivity contribution in [1.82, 2.24) is 0 Å². The highest BCUT2D eigenvalue weighted by Gasteiger charge is 2.30. The topological polar surface area (TPSA) is 83.8 Å². The van der Waals surface area contributed by atoms with E-state index >= 15 is 0 Å². The summed E-state index contributed by atoms with van der Waals surface area (Å²) in [6.45, 7) is 0. The van der Waals surface area contributed by atoms with Crippen molar-refractivity contribution in [1.29, 1.82) is 0 Å². The van der Waals surface area contributed by atoms with Crippen LogP contribution in [0.2, 0.25) is 0 Å². The maximum absolute atomic E-state index is 12.0. The van der Waals surface area contributed by atoms with Crippen LogP contribution in [0.25, 0.3) is 0 Å². The molecule has 0 fully saturated rings. The van der Waals surface area contributed by atoms with Crippen molar-refractivity contribution in [2.75, 3.05) is 0 Å². The standard InChI is InChI=1S/C14H15F3O5/c15-14(16,17)22-11-6-4-9(5-7-11)2-1-3-10(13(20)21)8-12(18)19/h4-7,10H,1-3,8H2,(H,18,19)(H,20,21). The van der Waals surface area contributed by atoms with E-state index in [1.165, 1.54) is 24.3 Å². The number of carboxylic acid groups (broad SMARTS) is 2. The maximum Gasteiger partial charge on any atom is 0.573 e. The van der Waals surface area contributed by atoms with Crippen LogP contribution in [-0.4, -0.2) is 28.5 Å². The third-order valence-corrected chi connectivity index (χ3v) is 2.95. The Hall–Kier alpha value is -2.25. The molecule has 0 saturated carbocycles. The summed E-state index contributed by atoms with van der Waals surface area (Å²) in [6.07, 6.45) is -4.15. The normalized spacial score (nSPS) is 12.7. The van der Waals surface area contributed by atoms with Gasteiger partial charge >= 0.3 is 18.3 Å². The molecule has 1 aromatic rings. The first kappa shape index (κ1) is 17.8. The molecule has 0 amide bonds. The molecule has 0 aromatic heterocycles. The van der Waals surface area contributed by atoms with Crippen molar-refractivity contribution in [3.05, 3.63) is 29.8 Å². The lowest BCUT2D eigenvalue weighted by atomic mass is 9.97. The second-order valence-electron chi connectivity index (χ2n) is 4.72. The van der Waals surface area contributed by atoms with Crippen molar-refractivity contribution < 1.29 is 37.7 Å². The van der Waals surface area contributed by atoms with E-state index in [1.54, 1.807) is 0 Å². The summed E-state index contributed by atoms with van der Waals surface area (Å²) in [7, 11) is 0. The molecule has 0 aliphatic heterocycles. The lowest BCUT2D eigenvalue weighted by Crippen LogP contribution is -2.18.